The van der Waals surface area contributed by atoms with Gasteiger partial charge in [-0.1, -0.05) is 0 Å². The molecule has 4 nitrogen and oxygen atoms in total. The van der Waals surface area contributed by atoms with Gasteiger partial charge < -0.3 is 10.0 Å². The number of hydrogen-bond donors (Lipinski definition) is 1. The minimum atomic E-state index is -2.67. The topological polar surface area (TPSA) is 43.8 Å². The number of carbonyl (C=O) groups excluding carboxylic acids is 1. The van der Waals surface area contributed by atoms with E-state index in [1.165, 1.54) is 0 Å². The molecule has 1 amide bonds. The highest BCUT2D eigenvalue weighted by molar-refractivity contribution is 5.79. The van der Waals surface area contributed by atoms with E-state index in [9.17, 15) is 18.7 Å². The number of carbonyl (C=O) groups is 1. The van der Waals surface area contributed by atoms with Crippen LogP contribution in [0.4, 0.5) is 8.78 Å². The quantitative estimate of drug-likeness (QED) is 0.863. The maximum atomic E-state index is 13.2. The Morgan fingerprint density at radius 3 is 2.57 bits per heavy atom. The fourth-order valence-electron chi connectivity index (χ4n) is 3.32. The molecule has 0 aromatic rings. The zero-order valence-electron chi connectivity index (χ0n) is 12.9. The second-order valence-corrected chi connectivity index (χ2v) is 7.06. The first-order valence-corrected chi connectivity index (χ1v) is 7.78. The van der Waals surface area contributed by atoms with E-state index in [0.717, 1.165) is 13.0 Å². The van der Waals surface area contributed by atoms with Gasteiger partial charge in [-0.15, -0.1) is 0 Å². The summed E-state index contributed by atoms with van der Waals surface area (Å²) in [6.07, 6.45) is 0.665. The van der Waals surface area contributed by atoms with Gasteiger partial charge in [0, 0.05) is 51.5 Å². The van der Waals surface area contributed by atoms with Crippen molar-refractivity contribution in [1.29, 1.82) is 0 Å². The summed E-state index contributed by atoms with van der Waals surface area (Å²) >= 11 is 0. The van der Waals surface area contributed by atoms with Crippen LogP contribution in [0.15, 0.2) is 0 Å². The molecular formula is C15H26F2N2O2. The molecule has 1 heterocycles. The third-order valence-electron chi connectivity index (χ3n) is 4.26. The summed E-state index contributed by atoms with van der Waals surface area (Å²) in [6.45, 7) is 6.81. The Morgan fingerprint density at radius 2 is 2.00 bits per heavy atom. The van der Waals surface area contributed by atoms with E-state index in [1.54, 1.807) is 18.7 Å². The number of halogens is 2. The summed E-state index contributed by atoms with van der Waals surface area (Å²) < 4.78 is 26.5. The first-order chi connectivity index (χ1) is 9.66. The molecule has 2 rings (SSSR count). The monoisotopic (exact) mass is 304 g/mol. The second-order valence-electron chi connectivity index (χ2n) is 7.06. The zero-order chi connectivity index (χ0) is 15.7. The van der Waals surface area contributed by atoms with E-state index in [4.69, 9.17) is 0 Å². The van der Waals surface area contributed by atoms with E-state index < -0.39 is 17.4 Å². The summed E-state index contributed by atoms with van der Waals surface area (Å²) in [4.78, 5) is 16.2. The van der Waals surface area contributed by atoms with Crippen LogP contribution in [0.1, 0.15) is 39.5 Å². The number of β-amino-alcohol motifs (C(OH)–C–C–N with tert-alkyl or cyclic N) is 1. The van der Waals surface area contributed by atoms with Gasteiger partial charge in [-0.2, -0.15) is 0 Å². The van der Waals surface area contributed by atoms with E-state index in [0.29, 0.717) is 32.6 Å². The maximum absolute atomic E-state index is 13.2. The van der Waals surface area contributed by atoms with Gasteiger partial charge in [0.2, 0.25) is 11.8 Å². The molecule has 1 unspecified atom stereocenters. The highest BCUT2D eigenvalue weighted by atomic mass is 19.3. The molecule has 1 saturated carbocycles. The van der Waals surface area contributed by atoms with Gasteiger partial charge in [0.15, 0.2) is 0 Å². The average molecular weight is 304 g/mol. The molecule has 1 aliphatic carbocycles. The number of alkyl halides is 2. The fraction of sp³-hybridized carbons (Fsp3) is 0.933. The third kappa shape index (κ3) is 4.88. The molecule has 1 atom stereocenters. The molecule has 1 saturated heterocycles. The minimum absolute atomic E-state index is 0.114. The lowest BCUT2D eigenvalue weighted by Gasteiger charge is -2.28. The molecule has 0 aromatic carbocycles. The summed E-state index contributed by atoms with van der Waals surface area (Å²) in [5, 5.41) is 9.86. The summed E-state index contributed by atoms with van der Waals surface area (Å²) in [7, 11) is 0. The van der Waals surface area contributed by atoms with Crippen molar-refractivity contribution in [3.05, 3.63) is 0 Å². The van der Waals surface area contributed by atoms with Crippen LogP contribution in [0, 0.1) is 5.92 Å². The molecule has 0 aromatic heterocycles. The summed E-state index contributed by atoms with van der Waals surface area (Å²) in [5.41, 5.74) is -0.757. The molecule has 1 N–H and O–H groups in total. The number of aliphatic hydroxyl groups is 1. The molecule has 1 aliphatic heterocycles. The van der Waals surface area contributed by atoms with Gasteiger partial charge in [0.05, 0.1) is 5.60 Å². The molecule has 0 radical (unpaired) electrons. The van der Waals surface area contributed by atoms with Crippen molar-refractivity contribution in [2.75, 3.05) is 32.7 Å². The lowest BCUT2D eigenvalue weighted by molar-refractivity contribution is -0.136. The van der Waals surface area contributed by atoms with Crippen LogP contribution in [0.5, 0.6) is 0 Å². The van der Waals surface area contributed by atoms with Crippen molar-refractivity contribution in [2.24, 2.45) is 5.92 Å². The van der Waals surface area contributed by atoms with Gasteiger partial charge in [-0.3, -0.25) is 9.69 Å². The van der Waals surface area contributed by atoms with Gasteiger partial charge >= 0.3 is 0 Å². The van der Waals surface area contributed by atoms with Gasteiger partial charge in [0.1, 0.15) is 0 Å². The Balaban J connectivity index is 1.87. The molecule has 6 heteroatoms. The predicted molar refractivity (Wildman–Crippen MR) is 76.2 cm³/mol. The SMILES string of the molecule is CC(C)(O)CN1CCCN(C(=O)C2CCC(F)(F)C2)CC1. The number of rotatable bonds is 3. The first kappa shape index (κ1) is 16.6. The fourth-order valence-corrected chi connectivity index (χ4v) is 3.32. The van der Waals surface area contributed by atoms with Crippen LogP contribution in [-0.4, -0.2) is 65.1 Å². The Hall–Kier alpha value is -0.750. The largest absolute Gasteiger partial charge is 0.389 e. The van der Waals surface area contributed by atoms with Crippen molar-refractivity contribution in [1.82, 2.24) is 9.80 Å². The van der Waals surface area contributed by atoms with Crippen LogP contribution < -0.4 is 0 Å². The third-order valence-corrected chi connectivity index (χ3v) is 4.26. The van der Waals surface area contributed by atoms with E-state index >= 15 is 0 Å². The first-order valence-electron chi connectivity index (χ1n) is 7.78. The van der Waals surface area contributed by atoms with Crippen molar-refractivity contribution in [3.8, 4) is 0 Å². The number of hydrogen-bond acceptors (Lipinski definition) is 3. The number of nitrogens with zero attached hydrogens (tertiary/aromatic N) is 2. The standard InChI is InChI=1S/C15H26F2N2O2/c1-14(2,21)11-18-6-3-7-19(9-8-18)13(20)12-4-5-15(16,17)10-12/h12,21H,3-11H2,1-2H3. The molecule has 21 heavy (non-hydrogen) atoms. The van der Waals surface area contributed by atoms with E-state index in [2.05, 4.69) is 4.90 Å². The molecule has 0 bridgehead atoms. The number of amides is 1. The molecule has 2 fully saturated rings. The Morgan fingerprint density at radius 1 is 1.29 bits per heavy atom. The Bertz CT molecular complexity index is 382. The summed E-state index contributed by atoms with van der Waals surface area (Å²) in [6, 6.07) is 0. The zero-order valence-corrected chi connectivity index (χ0v) is 12.9. The predicted octanol–water partition coefficient (Wildman–Crippen LogP) is 1.73. The smallest absolute Gasteiger partial charge is 0.248 e. The molecular weight excluding hydrogens is 278 g/mol. The Labute approximate surface area is 125 Å². The van der Waals surface area contributed by atoms with Crippen LogP contribution >= 0.6 is 0 Å². The molecule has 0 spiro atoms. The normalized spacial score (nSPS) is 27.7. The lowest BCUT2D eigenvalue weighted by Crippen LogP contribution is -2.42. The highest BCUT2D eigenvalue weighted by Gasteiger charge is 2.43. The highest BCUT2D eigenvalue weighted by Crippen LogP contribution is 2.39. The van der Waals surface area contributed by atoms with E-state index in [-0.39, 0.29) is 18.7 Å². The minimum Gasteiger partial charge on any atom is -0.389 e. The van der Waals surface area contributed by atoms with Crippen molar-refractivity contribution in [3.63, 3.8) is 0 Å². The van der Waals surface area contributed by atoms with E-state index in [1.807, 2.05) is 0 Å². The second kappa shape index (κ2) is 6.16. The van der Waals surface area contributed by atoms with Gasteiger partial charge in [0.25, 0.3) is 0 Å². The van der Waals surface area contributed by atoms with Crippen LogP contribution in [0.3, 0.4) is 0 Å². The van der Waals surface area contributed by atoms with Gasteiger partial charge in [-0.25, -0.2) is 8.78 Å². The summed E-state index contributed by atoms with van der Waals surface area (Å²) in [5.74, 6) is -3.29. The van der Waals surface area contributed by atoms with Crippen molar-refractivity contribution < 1.29 is 18.7 Å². The molecule has 122 valence electrons. The molecule has 2 aliphatic rings. The maximum Gasteiger partial charge on any atom is 0.248 e. The average Bonchev–Trinajstić information content (AvgIpc) is 2.56. The van der Waals surface area contributed by atoms with Crippen molar-refractivity contribution >= 4 is 5.91 Å². The van der Waals surface area contributed by atoms with Crippen LogP contribution in [0.25, 0.3) is 0 Å². The Kier molecular flexibility index (Phi) is 4.88. The van der Waals surface area contributed by atoms with Crippen molar-refractivity contribution in [2.45, 2.75) is 51.1 Å². The van der Waals surface area contributed by atoms with Gasteiger partial charge in [-0.05, 0) is 26.7 Å². The van der Waals surface area contributed by atoms with Crippen LogP contribution in [0.2, 0.25) is 0 Å². The van der Waals surface area contributed by atoms with Crippen LogP contribution in [-0.2, 0) is 4.79 Å². The lowest BCUT2D eigenvalue weighted by atomic mass is 10.1.